The normalized spacial score (nSPS) is 14.8. The van der Waals surface area contributed by atoms with Crippen molar-refractivity contribution in [1.82, 2.24) is 0 Å². The summed E-state index contributed by atoms with van der Waals surface area (Å²) in [7, 11) is 1.82. The van der Waals surface area contributed by atoms with E-state index in [1.54, 1.807) is 4.90 Å². The van der Waals surface area contributed by atoms with Crippen LogP contribution >= 0.6 is 0 Å². The van der Waals surface area contributed by atoms with Crippen molar-refractivity contribution in [3.8, 4) is 0 Å². The summed E-state index contributed by atoms with van der Waals surface area (Å²) in [6, 6.07) is 23.5. The molecule has 25 heavy (non-hydrogen) atoms. The molecule has 0 spiro atoms. The molecule has 0 unspecified atom stereocenters. The lowest BCUT2D eigenvalue weighted by Crippen LogP contribution is -2.25. The van der Waals surface area contributed by atoms with E-state index in [2.05, 4.69) is 12.1 Å². The molecule has 4 rings (SSSR count). The summed E-state index contributed by atoms with van der Waals surface area (Å²) in [5.41, 5.74) is 12.3. The van der Waals surface area contributed by atoms with E-state index in [-0.39, 0.29) is 5.91 Å². The van der Waals surface area contributed by atoms with Crippen LogP contribution in [-0.2, 0) is 0 Å². The van der Waals surface area contributed by atoms with Crippen LogP contribution in [0.1, 0.15) is 27.0 Å². The topological polar surface area (TPSA) is 46.3 Å². The van der Waals surface area contributed by atoms with Gasteiger partial charge in [-0.15, -0.1) is 0 Å². The Morgan fingerprint density at radius 3 is 2.28 bits per heavy atom. The summed E-state index contributed by atoms with van der Waals surface area (Å²) in [5, 5.41) is 0. The van der Waals surface area contributed by atoms with Crippen molar-refractivity contribution in [1.29, 1.82) is 0 Å². The maximum atomic E-state index is 12.9. The fourth-order valence-corrected chi connectivity index (χ4v) is 3.30. The second-order valence-corrected chi connectivity index (χ2v) is 6.16. The zero-order valence-electron chi connectivity index (χ0n) is 13.9. The van der Waals surface area contributed by atoms with Crippen molar-refractivity contribution in [2.45, 2.75) is 0 Å². The standard InChI is InChI=1S/C22H18N2O/c1-24-21-12-5-4-10-18(21)20(14-15-7-6-8-16(23)13-15)17-9-2-3-11-19(17)22(24)25/h2-14H,23H2,1H3. The first-order valence-corrected chi connectivity index (χ1v) is 8.19. The number of anilines is 2. The predicted molar refractivity (Wildman–Crippen MR) is 103 cm³/mol. The molecule has 3 nitrogen and oxygen atoms in total. The zero-order chi connectivity index (χ0) is 17.4. The van der Waals surface area contributed by atoms with Gasteiger partial charge in [0.2, 0.25) is 0 Å². The largest absolute Gasteiger partial charge is 0.399 e. The highest BCUT2D eigenvalue weighted by Gasteiger charge is 2.26. The molecule has 3 aromatic carbocycles. The molecule has 1 amide bonds. The first-order valence-electron chi connectivity index (χ1n) is 8.19. The molecule has 0 bridgehead atoms. The van der Waals surface area contributed by atoms with Crippen LogP contribution in [0.5, 0.6) is 0 Å². The summed E-state index contributed by atoms with van der Waals surface area (Å²) in [4.78, 5) is 14.6. The number of fused-ring (bicyclic) bond motifs is 2. The van der Waals surface area contributed by atoms with Crippen molar-refractivity contribution in [2.24, 2.45) is 0 Å². The number of para-hydroxylation sites is 1. The Hall–Kier alpha value is -3.33. The molecule has 0 aromatic heterocycles. The van der Waals surface area contributed by atoms with Gasteiger partial charge in [-0.25, -0.2) is 0 Å². The van der Waals surface area contributed by atoms with Crippen LogP contribution < -0.4 is 10.6 Å². The average Bonchev–Trinajstić information content (AvgIpc) is 2.72. The molecule has 1 aliphatic heterocycles. The lowest BCUT2D eigenvalue weighted by atomic mass is 9.92. The summed E-state index contributed by atoms with van der Waals surface area (Å²) in [6.07, 6.45) is 2.10. The molecule has 1 aliphatic rings. The van der Waals surface area contributed by atoms with Crippen molar-refractivity contribution in [3.05, 3.63) is 95.1 Å². The molecule has 0 fully saturated rings. The number of benzene rings is 3. The molecule has 0 saturated carbocycles. The molecule has 0 atom stereocenters. The minimum Gasteiger partial charge on any atom is -0.399 e. The van der Waals surface area contributed by atoms with Crippen LogP contribution in [0.3, 0.4) is 0 Å². The Kier molecular flexibility index (Phi) is 3.62. The number of nitrogens with two attached hydrogens (primary N) is 1. The highest BCUT2D eigenvalue weighted by Crippen LogP contribution is 2.38. The van der Waals surface area contributed by atoms with E-state index >= 15 is 0 Å². The number of hydrogen-bond acceptors (Lipinski definition) is 2. The number of hydrogen-bond donors (Lipinski definition) is 1. The van der Waals surface area contributed by atoms with Crippen LogP contribution in [-0.4, -0.2) is 13.0 Å². The number of carbonyl (C=O) groups is 1. The quantitative estimate of drug-likeness (QED) is 0.672. The van der Waals surface area contributed by atoms with Gasteiger partial charge in [0.15, 0.2) is 0 Å². The van der Waals surface area contributed by atoms with E-state index in [4.69, 9.17) is 5.73 Å². The fourth-order valence-electron chi connectivity index (χ4n) is 3.30. The van der Waals surface area contributed by atoms with E-state index in [0.29, 0.717) is 5.56 Å². The van der Waals surface area contributed by atoms with Gasteiger partial charge >= 0.3 is 0 Å². The summed E-state index contributed by atoms with van der Waals surface area (Å²) < 4.78 is 0. The Morgan fingerprint density at radius 1 is 0.840 bits per heavy atom. The number of amides is 1. The van der Waals surface area contributed by atoms with Crippen LogP contribution in [0, 0.1) is 0 Å². The maximum Gasteiger partial charge on any atom is 0.258 e. The van der Waals surface area contributed by atoms with Gasteiger partial charge in [0, 0.05) is 23.9 Å². The Labute approximate surface area is 147 Å². The molecule has 0 aliphatic carbocycles. The summed E-state index contributed by atoms with van der Waals surface area (Å²) >= 11 is 0. The number of nitrogen functional groups attached to an aromatic ring is 1. The first kappa shape index (κ1) is 15.2. The van der Waals surface area contributed by atoms with Gasteiger partial charge in [0.05, 0.1) is 5.69 Å². The second-order valence-electron chi connectivity index (χ2n) is 6.16. The third-order valence-electron chi connectivity index (χ3n) is 4.53. The number of nitrogens with zero attached hydrogens (tertiary/aromatic N) is 1. The molecule has 0 radical (unpaired) electrons. The molecular weight excluding hydrogens is 308 g/mol. The minimum absolute atomic E-state index is 0.000902. The maximum absolute atomic E-state index is 12.9. The van der Waals surface area contributed by atoms with Gasteiger partial charge in [-0.2, -0.15) is 0 Å². The lowest BCUT2D eigenvalue weighted by molar-refractivity contribution is 0.0993. The zero-order valence-corrected chi connectivity index (χ0v) is 13.9. The highest BCUT2D eigenvalue weighted by atomic mass is 16.2. The van der Waals surface area contributed by atoms with Crippen LogP contribution in [0.4, 0.5) is 11.4 Å². The summed E-state index contributed by atoms with van der Waals surface area (Å²) in [6.45, 7) is 0. The SMILES string of the molecule is CN1C(=O)c2ccccc2C(=Cc2cccc(N)c2)c2ccccc21. The van der Waals surface area contributed by atoms with E-state index in [9.17, 15) is 4.79 Å². The highest BCUT2D eigenvalue weighted by molar-refractivity contribution is 6.15. The lowest BCUT2D eigenvalue weighted by Gasteiger charge is -2.17. The van der Waals surface area contributed by atoms with Crippen LogP contribution in [0.15, 0.2) is 72.8 Å². The van der Waals surface area contributed by atoms with Crippen molar-refractivity contribution < 1.29 is 4.79 Å². The molecular formula is C22H18N2O. The third-order valence-corrected chi connectivity index (χ3v) is 4.53. The monoisotopic (exact) mass is 326 g/mol. The third kappa shape index (κ3) is 2.60. The van der Waals surface area contributed by atoms with Crippen molar-refractivity contribution in [2.75, 3.05) is 17.7 Å². The minimum atomic E-state index is -0.000902. The van der Waals surface area contributed by atoms with Gasteiger partial charge < -0.3 is 10.6 Å². The summed E-state index contributed by atoms with van der Waals surface area (Å²) in [5.74, 6) is -0.000902. The molecule has 0 saturated heterocycles. The van der Waals surface area contributed by atoms with Crippen molar-refractivity contribution in [3.63, 3.8) is 0 Å². The van der Waals surface area contributed by atoms with E-state index in [1.807, 2.05) is 73.8 Å². The Balaban J connectivity index is 2.04. The molecule has 3 heteroatoms. The van der Waals surface area contributed by atoms with E-state index in [0.717, 1.165) is 33.6 Å². The fraction of sp³-hybridized carbons (Fsp3) is 0.0455. The van der Waals surface area contributed by atoms with Gasteiger partial charge in [-0.1, -0.05) is 48.5 Å². The molecule has 122 valence electrons. The Morgan fingerprint density at radius 2 is 1.52 bits per heavy atom. The van der Waals surface area contributed by atoms with E-state index < -0.39 is 0 Å². The number of carbonyl (C=O) groups excluding carboxylic acids is 1. The van der Waals surface area contributed by atoms with Crippen LogP contribution in [0.25, 0.3) is 11.6 Å². The van der Waals surface area contributed by atoms with Gasteiger partial charge in [0.25, 0.3) is 5.91 Å². The predicted octanol–water partition coefficient (Wildman–Crippen LogP) is 4.45. The Bertz CT molecular complexity index is 1000. The smallest absolute Gasteiger partial charge is 0.258 e. The molecule has 3 aromatic rings. The molecule has 2 N–H and O–H groups in total. The van der Waals surface area contributed by atoms with Crippen molar-refractivity contribution >= 4 is 28.9 Å². The first-order chi connectivity index (χ1) is 12.1. The molecule has 1 heterocycles. The van der Waals surface area contributed by atoms with Gasteiger partial charge in [0.1, 0.15) is 0 Å². The number of rotatable bonds is 1. The second kappa shape index (κ2) is 5.95. The van der Waals surface area contributed by atoms with Gasteiger partial charge in [-0.05, 0) is 47.0 Å². The average molecular weight is 326 g/mol. The van der Waals surface area contributed by atoms with E-state index in [1.165, 1.54) is 0 Å². The van der Waals surface area contributed by atoms with Gasteiger partial charge in [-0.3, -0.25) is 4.79 Å². The van der Waals surface area contributed by atoms with Crippen LogP contribution in [0.2, 0.25) is 0 Å².